The van der Waals surface area contributed by atoms with E-state index in [-0.39, 0.29) is 0 Å². The van der Waals surface area contributed by atoms with E-state index in [1.54, 1.807) is 0 Å². The minimum Gasteiger partial charge on any atom is -0.314 e. The Hall–Kier alpha value is -0.0400. The van der Waals surface area contributed by atoms with E-state index in [1.807, 2.05) is 0 Å². The molecule has 0 bridgehead atoms. The van der Waals surface area contributed by atoms with Crippen LogP contribution in [0.3, 0.4) is 0 Å². The minimum atomic E-state index is 0.596. The van der Waals surface area contributed by atoms with Crippen LogP contribution in [0.1, 0.15) is 78.1 Å². The smallest absolute Gasteiger partial charge is 0.00724 e. The summed E-state index contributed by atoms with van der Waals surface area (Å²) in [5.41, 5.74) is 0.596. The van der Waals surface area contributed by atoms with Gasteiger partial charge < -0.3 is 5.32 Å². The van der Waals surface area contributed by atoms with Gasteiger partial charge in [-0.1, -0.05) is 46.0 Å². The molecule has 1 nitrogen and oxygen atoms in total. The Balaban J connectivity index is 1.66. The molecule has 2 rings (SSSR count). The summed E-state index contributed by atoms with van der Waals surface area (Å²) in [6, 6.07) is 0.815. The summed E-state index contributed by atoms with van der Waals surface area (Å²) < 4.78 is 0. The van der Waals surface area contributed by atoms with Crippen molar-refractivity contribution in [2.45, 2.75) is 84.1 Å². The normalized spacial score (nSPS) is 31.1. The quantitative estimate of drug-likeness (QED) is 0.761. The third-order valence-electron chi connectivity index (χ3n) is 4.89. The Morgan fingerprint density at radius 2 is 1.59 bits per heavy atom. The Bertz CT molecular complexity index is 214. The van der Waals surface area contributed by atoms with Crippen molar-refractivity contribution in [3.05, 3.63) is 0 Å². The van der Waals surface area contributed by atoms with E-state index in [0.717, 1.165) is 12.0 Å². The molecule has 17 heavy (non-hydrogen) atoms. The monoisotopic (exact) mass is 237 g/mol. The highest BCUT2D eigenvalue weighted by Crippen LogP contribution is 2.37. The zero-order valence-corrected chi connectivity index (χ0v) is 11.9. The predicted molar refractivity (Wildman–Crippen MR) is 75.2 cm³/mol. The summed E-state index contributed by atoms with van der Waals surface area (Å²) in [7, 11) is 0. The Kier molecular flexibility index (Phi) is 4.90. The topological polar surface area (TPSA) is 12.0 Å². The van der Waals surface area contributed by atoms with Crippen molar-refractivity contribution in [2.75, 3.05) is 6.54 Å². The summed E-state index contributed by atoms with van der Waals surface area (Å²) in [4.78, 5) is 0. The largest absolute Gasteiger partial charge is 0.314 e. The van der Waals surface area contributed by atoms with Crippen molar-refractivity contribution in [2.24, 2.45) is 11.3 Å². The predicted octanol–water partition coefficient (Wildman–Crippen LogP) is 4.52. The lowest BCUT2D eigenvalue weighted by Gasteiger charge is -2.23. The fourth-order valence-electron chi connectivity index (χ4n) is 3.69. The lowest BCUT2D eigenvalue weighted by atomic mass is 9.90. The van der Waals surface area contributed by atoms with Crippen molar-refractivity contribution >= 4 is 0 Å². The summed E-state index contributed by atoms with van der Waals surface area (Å²) in [6.07, 6.45) is 14.5. The van der Waals surface area contributed by atoms with Crippen LogP contribution in [0.15, 0.2) is 0 Å². The van der Waals surface area contributed by atoms with Crippen LogP contribution in [0, 0.1) is 11.3 Å². The average molecular weight is 237 g/mol. The molecule has 2 aliphatic rings. The third kappa shape index (κ3) is 4.62. The van der Waals surface area contributed by atoms with Crippen molar-refractivity contribution in [1.29, 1.82) is 0 Å². The molecule has 2 saturated carbocycles. The lowest BCUT2D eigenvalue weighted by Crippen LogP contribution is -2.32. The van der Waals surface area contributed by atoms with E-state index >= 15 is 0 Å². The van der Waals surface area contributed by atoms with Crippen LogP contribution in [-0.4, -0.2) is 12.6 Å². The van der Waals surface area contributed by atoms with Crippen LogP contribution in [0.25, 0.3) is 0 Å². The Morgan fingerprint density at radius 1 is 0.941 bits per heavy atom. The van der Waals surface area contributed by atoms with Gasteiger partial charge in [-0.2, -0.15) is 0 Å². The molecule has 0 aliphatic heterocycles. The van der Waals surface area contributed by atoms with Crippen LogP contribution in [0.2, 0.25) is 0 Å². The Labute approximate surface area is 108 Å². The molecular formula is C16H31N. The molecule has 0 aromatic heterocycles. The molecule has 0 aromatic carbocycles. The molecule has 0 saturated heterocycles. The first-order chi connectivity index (χ1) is 8.16. The standard InChI is InChI=1S/C16H31N/c1-16(2)11-10-15(12-16)17-13-14-8-6-4-3-5-7-9-14/h14-15,17H,3-13H2,1-2H3. The minimum absolute atomic E-state index is 0.596. The van der Waals surface area contributed by atoms with Gasteiger partial charge in [0.2, 0.25) is 0 Å². The first-order valence-electron chi connectivity index (χ1n) is 7.89. The highest BCUT2D eigenvalue weighted by Gasteiger charge is 2.30. The molecule has 0 radical (unpaired) electrons. The highest BCUT2D eigenvalue weighted by molar-refractivity contribution is 4.86. The molecular weight excluding hydrogens is 206 g/mol. The first-order valence-corrected chi connectivity index (χ1v) is 7.89. The van der Waals surface area contributed by atoms with E-state index in [2.05, 4.69) is 19.2 Å². The van der Waals surface area contributed by atoms with Gasteiger partial charge in [-0.05, 0) is 50.0 Å². The fourth-order valence-corrected chi connectivity index (χ4v) is 3.69. The SMILES string of the molecule is CC1(C)CCC(NCC2CCCCCCC2)C1. The molecule has 2 aliphatic carbocycles. The molecule has 1 N–H and O–H groups in total. The number of hydrogen-bond acceptors (Lipinski definition) is 1. The molecule has 0 amide bonds. The number of hydrogen-bond donors (Lipinski definition) is 1. The van der Waals surface area contributed by atoms with Gasteiger partial charge in [0.15, 0.2) is 0 Å². The molecule has 0 spiro atoms. The molecule has 100 valence electrons. The number of nitrogens with one attached hydrogen (secondary N) is 1. The van der Waals surface area contributed by atoms with Gasteiger partial charge in [0.1, 0.15) is 0 Å². The summed E-state index contributed by atoms with van der Waals surface area (Å²) in [5.74, 6) is 0.971. The maximum absolute atomic E-state index is 3.86. The molecule has 1 unspecified atom stereocenters. The first kappa shape index (κ1) is 13.4. The van der Waals surface area contributed by atoms with Crippen LogP contribution in [0.4, 0.5) is 0 Å². The van der Waals surface area contributed by atoms with Crippen molar-refractivity contribution in [3.8, 4) is 0 Å². The summed E-state index contributed by atoms with van der Waals surface area (Å²) in [5, 5.41) is 3.86. The van der Waals surface area contributed by atoms with Crippen molar-refractivity contribution < 1.29 is 0 Å². The molecule has 0 heterocycles. The van der Waals surface area contributed by atoms with Gasteiger partial charge >= 0.3 is 0 Å². The van der Waals surface area contributed by atoms with Crippen LogP contribution in [0.5, 0.6) is 0 Å². The van der Waals surface area contributed by atoms with E-state index in [9.17, 15) is 0 Å². The van der Waals surface area contributed by atoms with E-state index in [1.165, 1.54) is 70.8 Å². The maximum atomic E-state index is 3.86. The van der Waals surface area contributed by atoms with Crippen molar-refractivity contribution in [3.63, 3.8) is 0 Å². The van der Waals surface area contributed by atoms with Crippen LogP contribution >= 0.6 is 0 Å². The van der Waals surface area contributed by atoms with Gasteiger partial charge in [-0.25, -0.2) is 0 Å². The van der Waals surface area contributed by atoms with Gasteiger partial charge in [-0.3, -0.25) is 0 Å². The molecule has 2 fully saturated rings. The van der Waals surface area contributed by atoms with Crippen LogP contribution in [-0.2, 0) is 0 Å². The molecule has 1 atom stereocenters. The average Bonchev–Trinajstić information content (AvgIpc) is 2.57. The zero-order chi connectivity index (χ0) is 12.1. The van der Waals surface area contributed by atoms with Gasteiger partial charge in [-0.15, -0.1) is 0 Å². The second-order valence-corrected chi connectivity index (χ2v) is 7.22. The molecule has 1 heteroatoms. The van der Waals surface area contributed by atoms with E-state index < -0.39 is 0 Å². The summed E-state index contributed by atoms with van der Waals surface area (Å²) in [6.45, 7) is 6.13. The van der Waals surface area contributed by atoms with Gasteiger partial charge in [0, 0.05) is 6.04 Å². The maximum Gasteiger partial charge on any atom is 0.00724 e. The third-order valence-corrected chi connectivity index (χ3v) is 4.89. The fraction of sp³-hybridized carbons (Fsp3) is 1.00. The van der Waals surface area contributed by atoms with Gasteiger partial charge in [0.25, 0.3) is 0 Å². The van der Waals surface area contributed by atoms with E-state index in [4.69, 9.17) is 0 Å². The molecule has 0 aromatic rings. The van der Waals surface area contributed by atoms with Gasteiger partial charge in [0.05, 0.1) is 0 Å². The second-order valence-electron chi connectivity index (χ2n) is 7.22. The Morgan fingerprint density at radius 3 is 2.18 bits per heavy atom. The van der Waals surface area contributed by atoms with E-state index in [0.29, 0.717) is 5.41 Å². The second kappa shape index (κ2) is 6.22. The lowest BCUT2D eigenvalue weighted by molar-refractivity contribution is 0.328. The number of rotatable bonds is 3. The highest BCUT2D eigenvalue weighted by atomic mass is 14.9. The summed E-state index contributed by atoms with van der Waals surface area (Å²) >= 11 is 0. The van der Waals surface area contributed by atoms with Crippen LogP contribution < -0.4 is 5.32 Å². The zero-order valence-electron chi connectivity index (χ0n) is 11.9. The van der Waals surface area contributed by atoms with Crippen molar-refractivity contribution in [1.82, 2.24) is 5.32 Å².